The molecule has 0 saturated heterocycles. The van der Waals surface area contributed by atoms with Crippen molar-refractivity contribution in [3.63, 3.8) is 0 Å². The van der Waals surface area contributed by atoms with Crippen molar-refractivity contribution in [3.05, 3.63) is 75.1 Å². The van der Waals surface area contributed by atoms with Crippen LogP contribution < -0.4 is 11.1 Å². The van der Waals surface area contributed by atoms with Gasteiger partial charge in [0.1, 0.15) is 12.4 Å². The monoisotopic (exact) mass is 433 g/mol. The van der Waals surface area contributed by atoms with Crippen molar-refractivity contribution in [3.8, 4) is 6.07 Å². The lowest BCUT2D eigenvalue weighted by Crippen LogP contribution is -2.26. The van der Waals surface area contributed by atoms with Gasteiger partial charge in [-0.05, 0) is 30.7 Å². The molecule has 4 aromatic rings. The van der Waals surface area contributed by atoms with Gasteiger partial charge >= 0.3 is 0 Å². The minimum atomic E-state index is -0.271. The number of aromatic nitrogens is 4. The Kier molecular flexibility index (Phi) is 6.11. The van der Waals surface area contributed by atoms with Crippen LogP contribution >= 0.6 is 11.8 Å². The van der Waals surface area contributed by atoms with Gasteiger partial charge in [0.25, 0.3) is 11.1 Å². The average molecular weight is 433 g/mol. The SMILES string of the molecule is N#CCn1c(CSc2nc3ccccc3c(=O)n2CCCO)nc2ccccc2c1=O. The van der Waals surface area contributed by atoms with Crippen molar-refractivity contribution in [1.29, 1.82) is 5.26 Å². The molecular formula is C22H19N5O3S. The van der Waals surface area contributed by atoms with Crippen molar-refractivity contribution in [2.24, 2.45) is 0 Å². The normalized spacial score (nSPS) is 11.1. The highest BCUT2D eigenvalue weighted by molar-refractivity contribution is 7.98. The van der Waals surface area contributed by atoms with Gasteiger partial charge in [0, 0.05) is 13.2 Å². The Bertz CT molecular complexity index is 1420. The van der Waals surface area contributed by atoms with Crippen LogP contribution in [-0.2, 0) is 18.8 Å². The first-order valence-corrected chi connectivity index (χ1v) is 10.7. The van der Waals surface area contributed by atoms with Crippen LogP contribution in [0, 0.1) is 11.3 Å². The van der Waals surface area contributed by atoms with Crippen LogP contribution in [0.4, 0.5) is 0 Å². The molecule has 0 saturated carbocycles. The first-order valence-electron chi connectivity index (χ1n) is 9.72. The molecule has 9 heteroatoms. The fraction of sp³-hybridized carbons (Fsp3) is 0.227. The fourth-order valence-corrected chi connectivity index (χ4v) is 4.34. The molecule has 0 aliphatic carbocycles. The Balaban J connectivity index is 1.78. The lowest BCUT2D eigenvalue weighted by atomic mass is 10.2. The third-order valence-corrected chi connectivity index (χ3v) is 5.84. The number of aliphatic hydroxyl groups is 1. The molecule has 0 atom stereocenters. The van der Waals surface area contributed by atoms with E-state index in [0.717, 1.165) is 0 Å². The number of fused-ring (bicyclic) bond motifs is 2. The summed E-state index contributed by atoms with van der Waals surface area (Å²) in [6, 6.07) is 16.1. The molecule has 0 radical (unpaired) electrons. The third-order valence-electron chi connectivity index (χ3n) is 4.87. The number of thioether (sulfide) groups is 1. The van der Waals surface area contributed by atoms with E-state index in [9.17, 15) is 20.0 Å². The molecule has 156 valence electrons. The predicted octanol–water partition coefficient (Wildman–Crippen LogP) is 2.30. The van der Waals surface area contributed by atoms with E-state index in [0.29, 0.717) is 45.8 Å². The summed E-state index contributed by atoms with van der Waals surface area (Å²) >= 11 is 1.28. The molecule has 2 heterocycles. The van der Waals surface area contributed by atoms with Gasteiger partial charge in [-0.25, -0.2) is 9.97 Å². The first-order chi connectivity index (χ1) is 15.1. The molecular weight excluding hydrogens is 414 g/mol. The van der Waals surface area contributed by atoms with Gasteiger partial charge in [-0.2, -0.15) is 5.26 Å². The van der Waals surface area contributed by atoms with Crippen molar-refractivity contribution >= 4 is 33.6 Å². The van der Waals surface area contributed by atoms with E-state index in [1.807, 2.05) is 12.1 Å². The molecule has 0 unspecified atom stereocenters. The Labute approximate surface area is 181 Å². The van der Waals surface area contributed by atoms with Crippen LogP contribution in [0.2, 0.25) is 0 Å². The number of nitriles is 1. The largest absolute Gasteiger partial charge is 0.396 e. The van der Waals surface area contributed by atoms with Crippen LogP contribution in [0.15, 0.2) is 63.3 Å². The second kappa shape index (κ2) is 9.12. The van der Waals surface area contributed by atoms with E-state index in [-0.39, 0.29) is 30.0 Å². The lowest BCUT2D eigenvalue weighted by molar-refractivity contribution is 0.276. The van der Waals surface area contributed by atoms with Gasteiger partial charge in [0.05, 0.1) is 33.6 Å². The summed E-state index contributed by atoms with van der Waals surface area (Å²) in [6.45, 7) is 0.165. The maximum atomic E-state index is 13.0. The van der Waals surface area contributed by atoms with Crippen LogP contribution in [0.1, 0.15) is 12.2 Å². The Hall–Kier alpha value is -3.48. The lowest BCUT2D eigenvalue weighted by Gasteiger charge is -2.14. The highest BCUT2D eigenvalue weighted by atomic mass is 32.2. The molecule has 0 amide bonds. The zero-order valence-corrected chi connectivity index (χ0v) is 17.4. The number of nitrogens with zero attached hydrogens (tertiary/aromatic N) is 5. The zero-order valence-electron chi connectivity index (χ0n) is 16.6. The van der Waals surface area contributed by atoms with Gasteiger partial charge in [0.15, 0.2) is 5.16 Å². The van der Waals surface area contributed by atoms with E-state index in [4.69, 9.17) is 0 Å². The van der Waals surface area contributed by atoms with Crippen LogP contribution in [-0.4, -0.2) is 30.8 Å². The molecule has 2 aromatic carbocycles. The van der Waals surface area contributed by atoms with Crippen LogP contribution in [0.25, 0.3) is 21.8 Å². The molecule has 2 aromatic heterocycles. The average Bonchev–Trinajstić information content (AvgIpc) is 2.79. The van der Waals surface area contributed by atoms with Gasteiger partial charge in [-0.1, -0.05) is 36.0 Å². The quantitative estimate of drug-likeness (QED) is 0.351. The molecule has 0 bridgehead atoms. The summed E-state index contributed by atoms with van der Waals surface area (Å²) < 4.78 is 2.89. The summed E-state index contributed by atoms with van der Waals surface area (Å²) in [7, 11) is 0. The summed E-state index contributed by atoms with van der Waals surface area (Å²) in [4.78, 5) is 35.0. The van der Waals surface area contributed by atoms with E-state index in [1.165, 1.54) is 20.9 Å². The van der Waals surface area contributed by atoms with Crippen LogP contribution in [0.5, 0.6) is 0 Å². The third kappa shape index (κ3) is 4.08. The van der Waals surface area contributed by atoms with E-state index in [2.05, 4.69) is 9.97 Å². The number of rotatable bonds is 7. The highest BCUT2D eigenvalue weighted by Gasteiger charge is 2.15. The predicted molar refractivity (Wildman–Crippen MR) is 119 cm³/mol. The summed E-state index contributed by atoms with van der Waals surface area (Å²) in [5.41, 5.74) is 0.687. The number of para-hydroxylation sites is 2. The first kappa shape index (κ1) is 20.8. The smallest absolute Gasteiger partial charge is 0.262 e. The minimum absolute atomic E-state index is 0.0443. The summed E-state index contributed by atoms with van der Waals surface area (Å²) in [5.74, 6) is 0.692. The fourth-order valence-electron chi connectivity index (χ4n) is 3.37. The molecule has 31 heavy (non-hydrogen) atoms. The molecule has 1 N–H and O–H groups in total. The second-order valence-corrected chi connectivity index (χ2v) is 7.77. The topological polar surface area (TPSA) is 114 Å². The van der Waals surface area contributed by atoms with Gasteiger partial charge in [-0.3, -0.25) is 18.7 Å². The highest BCUT2D eigenvalue weighted by Crippen LogP contribution is 2.22. The van der Waals surface area contributed by atoms with E-state index in [1.54, 1.807) is 42.5 Å². The zero-order chi connectivity index (χ0) is 21.8. The van der Waals surface area contributed by atoms with Crippen molar-refractivity contribution in [2.45, 2.75) is 30.4 Å². The molecule has 8 nitrogen and oxygen atoms in total. The van der Waals surface area contributed by atoms with Gasteiger partial charge < -0.3 is 5.11 Å². The molecule has 0 fully saturated rings. The number of aliphatic hydroxyl groups excluding tert-OH is 1. The van der Waals surface area contributed by atoms with Gasteiger partial charge in [0.2, 0.25) is 0 Å². The Morgan fingerprint density at radius 2 is 1.55 bits per heavy atom. The van der Waals surface area contributed by atoms with Crippen molar-refractivity contribution in [1.82, 2.24) is 19.1 Å². The van der Waals surface area contributed by atoms with Gasteiger partial charge in [-0.15, -0.1) is 0 Å². The molecule has 4 rings (SSSR count). The van der Waals surface area contributed by atoms with Crippen molar-refractivity contribution in [2.75, 3.05) is 6.61 Å². The maximum absolute atomic E-state index is 13.0. The van der Waals surface area contributed by atoms with E-state index >= 15 is 0 Å². The Morgan fingerprint density at radius 3 is 2.19 bits per heavy atom. The number of hydrogen-bond acceptors (Lipinski definition) is 7. The van der Waals surface area contributed by atoms with Crippen molar-refractivity contribution < 1.29 is 5.11 Å². The van der Waals surface area contributed by atoms with E-state index < -0.39 is 0 Å². The summed E-state index contributed by atoms with van der Waals surface area (Å²) in [6.07, 6.45) is 0.418. The number of hydrogen-bond donors (Lipinski definition) is 1. The minimum Gasteiger partial charge on any atom is -0.396 e. The van der Waals surface area contributed by atoms with Crippen LogP contribution in [0.3, 0.4) is 0 Å². The second-order valence-electron chi connectivity index (χ2n) is 6.83. The standard InChI is InChI=1S/C22H19N5O3S/c23-10-12-26-19(24-17-8-3-1-6-15(17)20(26)29)14-31-22-25-18-9-4-2-7-16(18)21(30)27(22)11-5-13-28/h1-4,6-9,28H,5,11-14H2. The molecule has 0 aliphatic heterocycles. The summed E-state index contributed by atoms with van der Waals surface area (Å²) in [5, 5.41) is 19.9. The molecule has 0 aliphatic rings. The Morgan fingerprint density at radius 1 is 0.935 bits per heavy atom. The molecule has 0 spiro atoms. The maximum Gasteiger partial charge on any atom is 0.262 e. The number of benzene rings is 2.